The van der Waals surface area contributed by atoms with Crippen LogP contribution in [0.5, 0.6) is 0 Å². The van der Waals surface area contributed by atoms with E-state index in [0.29, 0.717) is 39.0 Å². The van der Waals surface area contributed by atoms with Gasteiger partial charge in [0.25, 0.3) is 5.56 Å². The number of nitrogens with one attached hydrogen (secondary N) is 2. The summed E-state index contributed by atoms with van der Waals surface area (Å²) in [6.45, 7) is 2.60. The molecule has 8 heteroatoms. The number of hydrogen-bond donors (Lipinski definition) is 2. The normalized spacial score (nSPS) is 14.3. The van der Waals surface area contributed by atoms with E-state index in [2.05, 4.69) is 25.3 Å². The third-order valence-electron chi connectivity index (χ3n) is 4.99. The molecule has 0 radical (unpaired) electrons. The number of aromatic amines is 2. The molecule has 1 fully saturated rings. The number of nitrogens with zero attached hydrogens (tertiary/aromatic N) is 4. The molecule has 144 valence electrons. The van der Waals surface area contributed by atoms with Gasteiger partial charge in [0, 0.05) is 50.4 Å². The second-order valence-corrected chi connectivity index (χ2v) is 6.81. The summed E-state index contributed by atoms with van der Waals surface area (Å²) < 4.78 is 0. The number of benzene rings is 1. The first kappa shape index (κ1) is 18.0. The molecular formula is C20H22N6O2. The van der Waals surface area contributed by atoms with E-state index in [-0.39, 0.29) is 11.5 Å². The van der Waals surface area contributed by atoms with E-state index >= 15 is 0 Å². The maximum Gasteiger partial charge on any atom is 0.266 e. The molecule has 2 N–H and O–H groups in total. The van der Waals surface area contributed by atoms with Crippen molar-refractivity contribution in [3.63, 3.8) is 0 Å². The van der Waals surface area contributed by atoms with Crippen molar-refractivity contribution in [2.45, 2.75) is 12.8 Å². The molecule has 1 aliphatic heterocycles. The predicted molar refractivity (Wildman–Crippen MR) is 106 cm³/mol. The molecule has 0 bridgehead atoms. The van der Waals surface area contributed by atoms with E-state index in [9.17, 15) is 9.59 Å². The first-order valence-corrected chi connectivity index (χ1v) is 9.36. The quantitative estimate of drug-likeness (QED) is 0.700. The summed E-state index contributed by atoms with van der Waals surface area (Å²) in [4.78, 5) is 28.4. The monoisotopic (exact) mass is 378 g/mol. The van der Waals surface area contributed by atoms with Crippen LogP contribution in [-0.4, -0.2) is 57.4 Å². The molecule has 0 atom stereocenters. The van der Waals surface area contributed by atoms with Crippen molar-refractivity contribution in [3.8, 4) is 11.3 Å². The molecule has 1 aromatic carbocycles. The fourth-order valence-corrected chi connectivity index (χ4v) is 3.46. The Morgan fingerprint density at radius 2 is 1.89 bits per heavy atom. The topological polar surface area (TPSA) is 98.0 Å². The number of aryl methyl sites for hydroxylation is 1. The predicted octanol–water partition coefficient (Wildman–Crippen LogP) is 1.44. The molecule has 3 aromatic rings. The Labute approximate surface area is 162 Å². The van der Waals surface area contributed by atoms with Crippen LogP contribution in [-0.2, 0) is 11.2 Å². The lowest BCUT2D eigenvalue weighted by Gasteiger charge is -2.36. The van der Waals surface area contributed by atoms with Crippen molar-refractivity contribution in [2.75, 3.05) is 31.1 Å². The van der Waals surface area contributed by atoms with Gasteiger partial charge in [0.05, 0.1) is 11.9 Å². The number of piperazine rings is 1. The van der Waals surface area contributed by atoms with Gasteiger partial charge in [0.1, 0.15) is 5.69 Å². The molecule has 0 spiro atoms. The summed E-state index contributed by atoms with van der Waals surface area (Å²) in [6.07, 6.45) is 4.72. The minimum Gasteiger partial charge on any atom is -0.366 e. The van der Waals surface area contributed by atoms with Crippen LogP contribution >= 0.6 is 0 Å². The summed E-state index contributed by atoms with van der Waals surface area (Å²) in [5.41, 5.74) is 3.31. The van der Waals surface area contributed by atoms with Gasteiger partial charge in [-0.2, -0.15) is 10.2 Å². The Kier molecular flexibility index (Phi) is 5.18. The van der Waals surface area contributed by atoms with Crippen LogP contribution in [0.4, 0.5) is 5.69 Å². The third-order valence-corrected chi connectivity index (χ3v) is 4.99. The van der Waals surface area contributed by atoms with E-state index in [1.165, 1.54) is 0 Å². The van der Waals surface area contributed by atoms with Gasteiger partial charge < -0.3 is 9.80 Å². The second-order valence-electron chi connectivity index (χ2n) is 6.81. The molecule has 28 heavy (non-hydrogen) atoms. The summed E-state index contributed by atoms with van der Waals surface area (Å²) in [7, 11) is 0. The minimum absolute atomic E-state index is 0.146. The average molecular weight is 378 g/mol. The van der Waals surface area contributed by atoms with Gasteiger partial charge in [-0.3, -0.25) is 14.7 Å². The van der Waals surface area contributed by atoms with Crippen LogP contribution in [0.25, 0.3) is 11.3 Å². The van der Waals surface area contributed by atoms with Crippen molar-refractivity contribution < 1.29 is 4.79 Å². The molecule has 1 aliphatic rings. The lowest BCUT2D eigenvalue weighted by Crippen LogP contribution is -2.49. The van der Waals surface area contributed by atoms with Crippen LogP contribution < -0.4 is 10.5 Å². The Morgan fingerprint density at radius 1 is 1.11 bits per heavy atom. The van der Waals surface area contributed by atoms with E-state index < -0.39 is 0 Å². The van der Waals surface area contributed by atoms with Crippen molar-refractivity contribution in [3.05, 3.63) is 64.7 Å². The summed E-state index contributed by atoms with van der Waals surface area (Å²) in [5.74, 6) is 0.146. The van der Waals surface area contributed by atoms with Crippen LogP contribution in [0.3, 0.4) is 0 Å². The summed E-state index contributed by atoms with van der Waals surface area (Å²) in [5, 5.41) is 13.5. The highest BCUT2D eigenvalue weighted by atomic mass is 16.2. The minimum atomic E-state index is -0.228. The van der Waals surface area contributed by atoms with E-state index in [1.54, 1.807) is 12.3 Å². The highest BCUT2D eigenvalue weighted by Gasteiger charge is 2.23. The van der Waals surface area contributed by atoms with Gasteiger partial charge in [0.15, 0.2) is 0 Å². The molecule has 0 aliphatic carbocycles. The van der Waals surface area contributed by atoms with E-state index in [0.717, 1.165) is 22.5 Å². The molecule has 4 rings (SSSR count). The Morgan fingerprint density at radius 3 is 2.61 bits per heavy atom. The zero-order valence-electron chi connectivity index (χ0n) is 15.5. The number of anilines is 1. The number of amides is 1. The van der Waals surface area contributed by atoms with Crippen molar-refractivity contribution in [1.29, 1.82) is 0 Å². The average Bonchev–Trinajstić information content (AvgIpc) is 3.26. The van der Waals surface area contributed by atoms with Crippen LogP contribution in [0.2, 0.25) is 0 Å². The Bertz CT molecular complexity index is 975. The summed E-state index contributed by atoms with van der Waals surface area (Å²) >= 11 is 0. The molecule has 0 saturated carbocycles. The fourth-order valence-electron chi connectivity index (χ4n) is 3.46. The van der Waals surface area contributed by atoms with Gasteiger partial charge >= 0.3 is 0 Å². The Hall–Kier alpha value is -3.42. The van der Waals surface area contributed by atoms with Gasteiger partial charge in [0.2, 0.25) is 5.91 Å². The highest BCUT2D eigenvalue weighted by Crippen LogP contribution is 2.27. The number of aromatic nitrogens is 4. The number of rotatable bonds is 5. The molecule has 3 heterocycles. The maximum absolute atomic E-state index is 12.5. The van der Waals surface area contributed by atoms with Gasteiger partial charge in [-0.25, -0.2) is 5.10 Å². The lowest BCUT2D eigenvalue weighted by molar-refractivity contribution is -0.131. The zero-order valence-corrected chi connectivity index (χ0v) is 15.5. The van der Waals surface area contributed by atoms with Crippen LogP contribution in [0, 0.1) is 0 Å². The molecule has 1 amide bonds. The standard InChI is InChI=1S/C20H22N6O2/c27-18-12-17(20(24-23-18)16-4-2-1-3-5-16)25-8-10-26(11-9-25)19(28)7-6-15-13-21-22-14-15/h1-5,12-14H,6-11H2,(H,21,22)(H,23,27). The van der Waals surface area contributed by atoms with Gasteiger partial charge in [-0.05, 0) is 12.0 Å². The molecule has 2 aromatic heterocycles. The smallest absolute Gasteiger partial charge is 0.266 e. The third kappa shape index (κ3) is 3.95. The van der Waals surface area contributed by atoms with Crippen molar-refractivity contribution in [2.24, 2.45) is 0 Å². The Balaban J connectivity index is 1.43. The largest absolute Gasteiger partial charge is 0.366 e. The number of H-pyrrole nitrogens is 2. The first-order chi connectivity index (χ1) is 13.7. The van der Waals surface area contributed by atoms with Gasteiger partial charge in [-0.1, -0.05) is 30.3 Å². The SMILES string of the molecule is O=C(CCc1cn[nH]c1)N1CCN(c2cc(=O)[nH]nc2-c2ccccc2)CC1. The van der Waals surface area contributed by atoms with Crippen LogP contribution in [0.15, 0.2) is 53.6 Å². The van der Waals surface area contributed by atoms with E-state index in [1.807, 2.05) is 41.4 Å². The van der Waals surface area contributed by atoms with Crippen LogP contribution in [0.1, 0.15) is 12.0 Å². The highest BCUT2D eigenvalue weighted by molar-refractivity contribution is 5.78. The molecule has 8 nitrogen and oxygen atoms in total. The molecule has 0 unspecified atom stereocenters. The first-order valence-electron chi connectivity index (χ1n) is 9.36. The molecular weight excluding hydrogens is 356 g/mol. The number of hydrogen-bond acceptors (Lipinski definition) is 5. The van der Waals surface area contributed by atoms with E-state index in [4.69, 9.17) is 0 Å². The zero-order chi connectivity index (χ0) is 19.3. The van der Waals surface area contributed by atoms with Gasteiger partial charge in [-0.15, -0.1) is 0 Å². The number of carbonyl (C=O) groups excluding carboxylic acids is 1. The fraction of sp³-hybridized carbons (Fsp3) is 0.300. The molecule has 1 saturated heterocycles. The lowest BCUT2D eigenvalue weighted by atomic mass is 10.1. The van der Waals surface area contributed by atoms with Crippen molar-refractivity contribution in [1.82, 2.24) is 25.3 Å². The second kappa shape index (κ2) is 8.08. The maximum atomic E-state index is 12.5. The van der Waals surface area contributed by atoms with Crippen molar-refractivity contribution >= 4 is 11.6 Å². The number of carbonyl (C=O) groups is 1. The summed E-state index contributed by atoms with van der Waals surface area (Å²) in [6, 6.07) is 11.4.